The van der Waals surface area contributed by atoms with Crippen LogP contribution in [0.15, 0.2) is 48.7 Å². The maximum atomic E-state index is 12.6. The van der Waals surface area contributed by atoms with Crippen LogP contribution < -0.4 is 10.1 Å². The summed E-state index contributed by atoms with van der Waals surface area (Å²) in [6, 6.07) is 12.0. The molecule has 0 aliphatic carbocycles. The van der Waals surface area contributed by atoms with Crippen LogP contribution in [0, 0.1) is 0 Å². The maximum absolute atomic E-state index is 12.6. The predicted molar refractivity (Wildman–Crippen MR) is 113 cm³/mol. The molecule has 8 heteroatoms. The molecule has 0 aliphatic heterocycles. The van der Waals surface area contributed by atoms with E-state index in [1.165, 1.54) is 14.0 Å². The summed E-state index contributed by atoms with van der Waals surface area (Å²) in [4.78, 5) is 24.2. The van der Waals surface area contributed by atoms with Crippen LogP contribution in [0.4, 0.5) is 5.82 Å². The molecule has 1 amide bonds. The highest BCUT2D eigenvalue weighted by Gasteiger charge is 2.14. The van der Waals surface area contributed by atoms with Gasteiger partial charge in [0.2, 0.25) is 5.91 Å². The van der Waals surface area contributed by atoms with Crippen molar-refractivity contribution in [3.63, 3.8) is 0 Å². The number of halogens is 2. The number of Topliss-reactive ketones (excluding diaryl/α,β-unsaturated/α-hetero) is 1. The van der Waals surface area contributed by atoms with Gasteiger partial charge in [0.25, 0.3) is 0 Å². The van der Waals surface area contributed by atoms with E-state index in [1.807, 2.05) is 6.07 Å². The molecule has 6 nitrogen and oxygen atoms in total. The van der Waals surface area contributed by atoms with Gasteiger partial charge in [-0.3, -0.25) is 9.59 Å². The van der Waals surface area contributed by atoms with Crippen LogP contribution in [0.2, 0.25) is 10.0 Å². The van der Waals surface area contributed by atoms with Gasteiger partial charge in [-0.25, -0.2) is 4.68 Å². The molecule has 2 aromatic carbocycles. The molecule has 29 heavy (non-hydrogen) atoms. The first-order chi connectivity index (χ1) is 13.9. The van der Waals surface area contributed by atoms with E-state index in [4.69, 9.17) is 27.9 Å². The molecular weight excluding hydrogens is 413 g/mol. The van der Waals surface area contributed by atoms with Crippen molar-refractivity contribution in [2.45, 2.75) is 19.9 Å². The molecule has 0 unspecified atom stereocenters. The number of carbonyl (C=O) groups is 2. The van der Waals surface area contributed by atoms with E-state index >= 15 is 0 Å². The minimum atomic E-state index is -0.257. The number of aromatic nitrogens is 2. The maximum Gasteiger partial charge on any atom is 0.230 e. The van der Waals surface area contributed by atoms with Crippen LogP contribution in [0.5, 0.6) is 5.75 Å². The number of ketones is 1. The fourth-order valence-electron chi connectivity index (χ4n) is 2.87. The molecule has 0 bridgehead atoms. The number of hydrogen-bond donors (Lipinski definition) is 1. The third-order valence-corrected chi connectivity index (χ3v) is 4.94. The van der Waals surface area contributed by atoms with Crippen molar-refractivity contribution in [1.29, 1.82) is 0 Å². The molecule has 0 fully saturated rings. The fourth-order valence-corrected chi connectivity index (χ4v) is 3.34. The van der Waals surface area contributed by atoms with E-state index in [-0.39, 0.29) is 18.1 Å². The molecule has 0 atom stereocenters. The first-order valence-electron chi connectivity index (χ1n) is 8.81. The molecule has 0 saturated carbocycles. The Hall–Kier alpha value is -2.83. The Morgan fingerprint density at radius 1 is 1.10 bits per heavy atom. The number of rotatable bonds is 7. The lowest BCUT2D eigenvalue weighted by molar-refractivity contribution is -0.115. The highest BCUT2D eigenvalue weighted by molar-refractivity contribution is 6.35. The number of benzene rings is 2. The molecule has 0 aliphatic rings. The predicted octanol–water partition coefficient (Wildman–Crippen LogP) is 4.63. The first-order valence-corrected chi connectivity index (χ1v) is 9.56. The average Bonchev–Trinajstić information content (AvgIpc) is 3.10. The van der Waals surface area contributed by atoms with E-state index in [1.54, 1.807) is 47.3 Å². The summed E-state index contributed by atoms with van der Waals surface area (Å²) < 4.78 is 6.94. The topological polar surface area (TPSA) is 73.2 Å². The quantitative estimate of drug-likeness (QED) is 0.553. The van der Waals surface area contributed by atoms with Crippen LogP contribution in [0.3, 0.4) is 0 Å². The van der Waals surface area contributed by atoms with Gasteiger partial charge < -0.3 is 10.1 Å². The smallest absolute Gasteiger partial charge is 0.230 e. The number of ether oxygens (including phenoxy) is 1. The van der Waals surface area contributed by atoms with Gasteiger partial charge in [-0.2, -0.15) is 5.10 Å². The number of carbonyl (C=O) groups excluding carboxylic acids is 2. The van der Waals surface area contributed by atoms with E-state index < -0.39 is 0 Å². The molecule has 0 saturated heterocycles. The summed E-state index contributed by atoms with van der Waals surface area (Å²) in [6.07, 6.45) is 1.65. The minimum absolute atomic E-state index is 0.0528. The third kappa shape index (κ3) is 5.16. The van der Waals surface area contributed by atoms with Crippen molar-refractivity contribution in [1.82, 2.24) is 9.78 Å². The van der Waals surface area contributed by atoms with Gasteiger partial charge in [0, 0.05) is 27.2 Å². The standard InChI is InChI=1S/C21H19Cl2N3O3/c1-13(27)14-4-6-19(29-2)16(9-14)10-21(28)25-20-7-8-24-26(20)12-15-3-5-17(22)11-18(15)23/h3-9,11H,10,12H2,1-2H3,(H,25,28). The number of methoxy groups -OCH3 is 1. The number of amides is 1. The highest BCUT2D eigenvalue weighted by Crippen LogP contribution is 2.24. The van der Waals surface area contributed by atoms with Crippen molar-refractivity contribution in [2.75, 3.05) is 12.4 Å². The van der Waals surface area contributed by atoms with Crippen LogP contribution in [0.25, 0.3) is 0 Å². The molecule has 0 radical (unpaired) electrons. The van der Waals surface area contributed by atoms with Gasteiger partial charge in [-0.1, -0.05) is 29.3 Å². The van der Waals surface area contributed by atoms with E-state index in [0.717, 1.165) is 5.56 Å². The Balaban J connectivity index is 1.75. The fraction of sp³-hybridized carbons (Fsp3) is 0.190. The molecular formula is C21H19Cl2N3O3. The van der Waals surface area contributed by atoms with Gasteiger partial charge >= 0.3 is 0 Å². The number of hydrogen-bond acceptors (Lipinski definition) is 4. The first kappa shape index (κ1) is 20.9. The second-order valence-electron chi connectivity index (χ2n) is 6.42. The molecule has 1 N–H and O–H groups in total. The van der Waals surface area contributed by atoms with E-state index in [9.17, 15) is 9.59 Å². The second-order valence-corrected chi connectivity index (χ2v) is 7.26. The van der Waals surface area contributed by atoms with Gasteiger partial charge in [0.1, 0.15) is 11.6 Å². The molecule has 150 valence electrons. The van der Waals surface area contributed by atoms with Crippen LogP contribution in [-0.4, -0.2) is 28.6 Å². The lowest BCUT2D eigenvalue weighted by atomic mass is 10.0. The normalized spacial score (nSPS) is 10.6. The van der Waals surface area contributed by atoms with Gasteiger partial charge in [0.05, 0.1) is 26.3 Å². The van der Waals surface area contributed by atoms with Crippen molar-refractivity contribution < 1.29 is 14.3 Å². The minimum Gasteiger partial charge on any atom is -0.496 e. The van der Waals surface area contributed by atoms with Crippen LogP contribution in [-0.2, 0) is 17.8 Å². The Labute approximate surface area is 178 Å². The average molecular weight is 432 g/mol. The summed E-state index contributed by atoms with van der Waals surface area (Å²) in [5.74, 6) is 0.745. The van der Waals surface area contributed by atoms with Crippen LogP contribution in [0.1, 0.15) is 28.4 Å². The lowest BCUT2D eigenvalue weighted by Crippen LogP contribution is -2.18. The molecule has 1 aromatic heterocycles. The lowest BCUT2D eigenvalue weighted by Gasteiger charge is -2.12. The summed E-state index contributed by atoms with van der Waals surface area (Å²) in [5, 5.41) is 8.16. The molecule has 3 rings (SSSR count). The number of nitrogens with one attached hydrogen (secondary N) is 1. The number of anilines is 1. The van der Waals surface area contributed by atoms with Gasteiger partial charge in [-0.05, 0) is 42.8 Å². The largest absolute Gasteiger partial charge is 0.496 e. The van der Waals surface area contributed by atoms with Crippen molar-refractivity contribution in [3.05, 3.63) is 75.4 Å². The molecule has 3 aromatic rings. The zero-order valence-electron chi connectivity index (χ0n) is 15.9. The molecule has 0 spiro atoms. The summed E-state index contributed by atoms with van der Waals surface area (Å²) in [7, 11) is 1.52. The summed E-state index contributed by atoms with van der Waals surface area (Å²) in [5.41, 5.74) is 1.98. The third-order valence-electron chi connectivity index (χ3n) is 4.36. The number of nitrogens with zero attached hydrogens (tertiary/aromatic N) is 2. The Morgan fingerprint density at radius 3 is 2.59 bits per heavy atom. The van der Waals surface area contributed by atoms with Crippen molar-refractivity contribution >= 4 is 40.7 Å². The van der Waals surface area contributed by atoms with E-state index in [2.05, 4.69) is 10.4 Å². The highest BCUT2D eigenvalue weighted by atomic mass is 35.5. The van der Waals surface area contributed by atoms with Crippen molar-refractivity contribution in [2.24, 2.45) is 0 Å². The monoisotopic (exact) mass is 431 g/mol. The second kappa shape index (κ2) is 9.11. The summed E-state index contributed by atoms with van der Waals surface area (Å²) >= 11 is 12.2. The van der Waals surface area contributed by atoms with Gasteiger partial charge in [-0.15, -0.1) is 0 Å². The SMILES string of the molecule is COc1ccc(C(C)=O)cc1CC(=O)Nc1ccnn1Cc1ccc(Cl)cc1Cl. The summed E-state index contributed by atoms with van der Waals surface area (Å²) in [6.45, 7) is 1.86. The zero-order valence-corrected chi connectivity index (χ0v) is 17.4. The Kier molecular flexibility index (Phi) is 6.56. The van der Waals surface area contributed by atoms with Crippen molar-refractivity contribution in [3.8, 4) is 5.75 Å². The van der Waals surface area contributed by atoms with Gasteiger partial charge in [0.15, 0.2) is 5.78 Å². The Bertz CT molecular complexity index is 1060. The zero-order chi connectivity index (χ0) is 21.0. The van der Waals surface area contributed by atoms with Crippen LogP contribution >= 0.6 is 23.2 Å². The Morgan fingerprint density at radius 2 is 1.90 bits per heavy atom. The van der Waals surface area contributed by atoms with E-state index in [0.29, 0.717) is 39.3 Å². The molecule has 1 heterocycles.